The summed E-state index contributed by atoms with van der Waals surface area (Å²) in [7, 11) is 15.7. The minimum Gasteiger partial charge on any atom is -0.493 e. The molecule has 34 nitrogen and oxygen atoms in total. The standard InChI is InChI=1S/C24H29NO6.C21H23NO6.C17H19NO3.C17H17NO3.C15H21NO6.C9H10O3.C8H9NO/c1-4-14-31-24(28)13-12-23(27)25-19-7-5-6-18(16-19)20(26)10-8-17-9-11-21(29-2)22(15-17)30-3;1-27-18-9-7-14(12-19(18)28-2)6-8-17(23)15-4-3-5-16(13-15)22-20(24)10-11-21(25)26;2*1-20-16-9-7-12(10-17(16)21-2)6-8-15(19)13-4-3-5-14(18)11-13;1-4-11(17)22-9-15(2,3)12(18)13(19)16-8-6-5-7-10(16)14(20)21;1-11-8-4-3-7(6-10)5-9(8)12-2;1-6(10)7-3-2-4-8(9)5-7/h4-7,9,11,15-16,20,26H,1,8,10,12-14H2,2-3H3,(H,25,27);3-5,7,9,12-13H,6,8,10-11H2,1-2H3,(H,22,24)(H,25,26);3-5,7,9-11H,6,8,18H2,1-2H3;3-11H,18H2,1-2H3;4,10H,1,5-9H2,2-3H3,(H,20,21);3-6H,1-2H3;2-5H,9H2,1H3/b;;;8-6+;;;/t20-;;;;10-;;/m1...0../s1. The smallest absolute Gasteiger partial charge is 0.330 e. The molecule has 34 heteroatoms. The number of carboxylic acids is 2. The van der Waals surface area contributed by atoms with Crippen LogP contribution >= 0.6 is 0 Å². The van der Waals surface area contributed by atoms with Crippen LogP contribution in [0.5, 0.6) is 57.5 Å². The number of esters is 2. The van der Waals surface area contributed by atoms with Gasteiger partial charge in [0.1, 0.15) is 25.5 Å². The van der Waals surface area contributed by atoms with Gasteiger partial charge in [0, 0.05) is 94.6 Å². The van der Waals surface area contributed by atoms with Crippen molar-refractivity contribution in [2.24, 2.45) is 5.41 Å². The van der Waals surface area contributed by atoms with Gasteiger partial charge in [-0.3, -0.25) is 52.7 Å². The van der Waals surface area contributed by atoms with E-state index in [-0.39, 0.29) is 74.5 Å². The fraction of sp³-hybridized carbons (Fsp3) is 0.288. The predicted molar refractivity (Wildman–Crippen MR) is 552 cm³/mol. The number of nitrogens with two attached hydrogens (primary N) is 3. The molecule has 3 amide bonds. The SMILES string of the molecule is C=CC(=O)OCC(C)(C)C(=O)C(=O)N1CCCC[C@H]1C(=O)O.C=CCOC(=O)CCC(=O)Nc1cccc([C@H](O)CCc2ccc(OC)c(OC)c2)c1.CC(=O)c1cccc(N)c1.COc1ccc(/C=C/C(=O)c2cccc(N)c2)cc1OC.COc1ccc(C=O)cc1OC.COc1ccc(CCC(=O)c2cccc(N)c2)cc1OC.COc1ccc(CCC(=O)c2cccc(NC(=O)CCC(=O)O)c2)cc1OC. The second-order valence-electron chi connectivity index (χ2n) is 32.5. The highest BCUT2D eigenvalue weighted by Gasteiger charge is 2.42. The number of ether oxygens (including phenoxy) is 12. The summed E-state index contributed by atoms with van der Waals surface area (Å²) < 4.78 is 61.5. The fourth-order valence-corrected chi connectivity index (χ4v) is 13.6. The molecule has 0 aliphatic carbocycles. The minimum absolute atomic E-state index is 0.00663. The lowest BCUT2D eigenvalue weighted by molar-refractivity contribution is -0.159. The number of methoxy groups -OCH3 is 10. The maximum atomic E-state index is 12.5. The van der Waals surface area contributed by atoms with Crippen LogP contribution in [0.4, 0.5) is 28.4 Å². The van der Waals surface area contributed by atoms with Crippen molar-refractivity contribution >= 4 is 111 Å². The zero-order chi connectivity index (χ0) is 107. The second-order valence-corrected chi connectivity index (χ2v) is 32.5. The van der Waals surface area contributed by atoms with Crippen molar-refractivity contribution in [1.82, 2.24) is 4.90 Å². The van der Waals surface area contributed by atoms with E-state index in [4.69, 9.17) is 84.3 Å². The molecule has 1 aliphatic rings. The monoisotopic (exact) mass is 1990 g/mol. The number of benzene rings is 10. The lowest BCUT2D eigenvalue weighted by Crippen LogP contribution is -2.53. The summed E-state index contributed by atoms with van der Waals surface area (Å²) in [6, 6.07) is 60.9. The average Bonchev–Trinajstić information content (AvgIpc) is 0.807. The first kappa shape index (κ1) is 119. The van der Waals surface area contributed by atoms with E-state index in [0.29, 0.717) is 177 Å². The normalized spacial score (nSPS) is 11.6. The van der Waals surface area contributed by atoms with Gasteiger partial charge in [0.15, 0.2) is 80.6 Å². The maximum absolute atomic E-state index is 12.5. The van der Waals surface area contributed by atoms with Crippen LogP contribution in [0.3, 0.4) is 0 Å². The van der Waals surface area contributed by atoms with Crippen molar-refractivity contribution in [2.45, 2.75) is 116 Å². The zero-order valence-electron chi connectivity index (χ0n) is 83.7. The summed E-state index contributed by atoms with van der Waals surface area (Å²) in [6.07, 6.45) is 10.2. The summed E-state index contributed by atoms with van der Waals surface area (Å²) >= 11 is 0. The Morgan fingerprint density at radius 2 is 0.869 bits per heavy atom. The van der Waals surface area contributed by atoms with Crippen LogP contribution < -0.4 is 75.2 Å². The maximum Gasteiger partial charge on any atom is 0.330 e. The van der Waals surface area contributed by atoms with Crippen molar-refractivity contribution in [2.75, 3.05) is 119 Å². The van der Waals surface area contributed by atoms with Crippen LogP contribution in [0, 0.1) is 5.41 Å². The third-order valence-electron chi connectivity index (χ3n) is 21.5. The molecular formula is C111H128N6O28. The van der Waals surface area contributed by atoms with Gasteiger partial charge in [-0.05, 0) is 227 Å². The number of carbonyl (C=O) groups is 13. The first-order valence-electron chi connectivity index (χ1n) is 45.6. The third kappa shape index (κ3) is 41.4. The molecule has 770 valence electrons. The number of aldehydes is 1. The Kier molecular flexibility index (Phi) is 51.5. The van der Waals surface area contributed by atoms with Gasteiger partial charge in [0.05, 0.1) is 95.5 Å². The average molecular weight is 1990 g/mol. The quantitative estimate of drug-likeness (QED) is 0.00335. The number of hydrogen-bond acceptors (Lipinski definition) is 29. The number of likely N-dealkylation sites (tertiary alicyclic amines) is 1. The van der Waals surface area contributed by atoms with E-state index in [9.17, 15) is 67.4 Å². The molecule has 1 saturated heterocycles. The molecule has 11 rings (SSSR count). The Morgan fingerprint density at radius 1 is 0.455 bits per heavy atom. The van der Waals surface area contributed by atoms with E-state index in [0.717, 1.165) is 39.5 Å². The Morgan fingerprint density at radius 3 is 1.32 bits per heavy atom. The van der Waals surface area contributed by atoms with Gasteiger partial charge in [0.2, 0.25) is 17.6 Å². The summed E-state index contributed by atoms with van der Waals surface area (Å²) in [5.74, 6) is 0.745. The van der Waals surface area contributed by atoms with E-state index < -0.39 is 59.0 Å². The number of hydrogen-bond donors (Lipinski definition) is 8. The van der Waals surface area contributed by atoms with E-state index in [2.05, 4.69) is 23.8 Å². The number of Topliss-reactive ketones (excluding diaryl/α,β-unsaturated/α-hetero) is 4. The lowest BCUT2D eigenvalue weighted by atomic mass is 9.87. The van der Waals surface area contributed by atoms with E-state index in [1.54, 1.807) is 216 Å². The van der Waals surface area contributed by atoms with Crippen molar-refractivity contribution in [3.63, 3.8) is 0 Å². The van der Waals surface area contributed by atoms with Crippen LogP contribution in [0.2, 0.25) is 0 Å². The molecule has 1 aliphatic heterocycles. The highest BCUT2D eigenvalue weighted by atomic mass is 16.5. The first-order chi connectivity index (χ1) is 69.4. The summed E-state index contributed by atoms with van der Waals surface area (Å²) in [5.41, 5.74) is 25.9. The molecule has 145 heavy (non-hydrogen) atoms. The summed E-state index contributed by atoms with van der Waals surface area (Å²) in [5, 5.41) is 33.7. The van der Waals surface area contributed by atoms with Gasteiger partial charge in [-0.15, -0.1) is 0 Å². The topological polar surface area (TPSA) is 499 Å². The van der Waals surface area contributed by atoms with E-state index in [1.807, 2.05) is 66.7 Å². The minimum atomic E-state index is -1.23. The van der Waals surface area contributed by atoms with Crippen molar-refractivity contribution < 1.29 is 134 Å². The van der Waals surface area contributed by atoms with Crippen LogP contribution in [0.25, 0.3) is 6.08 Å². The van der Waals surface area contributed by atoms with Gasteiger partial charge in [-0.2, -0.15) is 0 Å². The molecule has 0 bridgehead atoms. The van der Waals surface area contributed by atoms with Gasteiger partial charge in [-0.25, -0.2) is 9.59 Å². The molecule has 0 unspecified atom stereocenters. The third-order valence-corrected chi connectivity index (χ3v) is 21.5. The Balaban J connectivity index is 0.000000305. The first-order valence-corrected chi connectivity index (χ1v) is 45.6. The number of piperidine rings is 1. The van der Waals surface area contributed by atoms with Gasteiger partial charge in [-0.1, -0.05) is 110 Å². The number of amides is 3. The molecule has 0 radical (unpaired) electrons. The van der Waals surface area contributed by atoms with Crippen molar-refractivity contribution in [3.05, 3.63) is 299 Å². The number of carbonyl (C=O) groups excluding carboxylic acids is 11. The number of aliphatic carboxylic acids is 2. The molecule has 10 aromatic carbocycles. The summed E-state index contributed by atoms with van der Waals surface area (Å²) in [6.45, 7) is 11.3. The number of allylic oxidation sites excluding steroid dienone is 1. The molecular weight excluding hydrogens is 1870 g/mol. The summed E-state index contributed by atoms with van der Waals surface area (Å²) in [4.78, 5) is 152. The number of anilines is 5. The Bertz CT molecular complexity index is 6090. The number of ketones is 5. The Labute approximate surface area is 843 Å². The van der Waals surface area contributed by atoms with Crippen LogP contribution in [-0.2, 0) is 67.1 Å². The van der Waals surface area contributed by atoms with E-state index in [1.165, 1.54) is 40.0 Å². The molecule has 1 fully saturated rings. The zero-order valence-corrected chi connectivity index (χ0v) is 83.7. The lowest BCUT2D eigenvalue weighted by Gasteiger charge is -2.34. The van der Waals surface area contributed by atoms with E-state index >= 15 is 0 Å². The van der Waals surface area contributed by atoms with Crippen LogP contribution in [0.15, 0.2) is 244 Å². The fourth-order valence-electron chi connectivity index (χ4n) is 13.6. The molecule has 1 heterocycles. The second kappa shape index (κ2) is 63.0. The number of nitrogens with zero attached hydrogens (tertiary/aromatic N) is 1. The number of aliphatic hydroxyl groups is 1. The molecule has 0 aromatic heterocycles. The van der Waals surface area contributed by atoms with Crippen molar-refractivity contribution in [3.8, 4) is 57.5 Å². The van der Waals surface area contributed by atoms with Gasteiger partial charge < -0.3 is 105 Å². The molecule has 11 N–H and O–H groups in total. The van der Waals surface area contributed by atoms with Crippen LogP contribution in [0.1, 0.15) is 171 Å². The highest BCUT2D eigenvalue weighted by molar-refractivity contribution is 6.38. The molecule has 2 atom stereocenters. The number of aryl methyl sites for hydroxylation is 3. The predicted octanol–water partition coefficient (Wildman–Crippen LogP) is 17.2. The van der Waals surface area contributed by atoms with Gasteiger partial charge >= 0.3 is 23.9 Å². The number of carboxylic acid groups (broad SMARTS) is 2. The van der Waals surface area contributed by atoms with Crippen molar-refractivity contribution in [1.29, 1.82) is 0 Å². The number of rotatable bonds is 43. The van der Waals surface area contributed by atoms with Gasteiger partial charge in [0.25, 0.3) is 5.91 Å². The van der Waals surface area contributed by atoms with Crippen LogP contribution in [-0.4, -0.2) is 194 Å². The number of nitrogens with one attached hydrogen (secondary N) is 2. The highest BCUT2D eigenvalue weighted by Crippen LogP contribution is 2.35. The Hall–Kier alpha value is -16.9. The largest absolute Gasteiger partial charge is 0.493 e. The number of aliphatic hydroxyl groups excluding tert-OH is 1. The molecule has 0 saturated carbocycles. The molecule has 0 spiro atoms. The number of nitrogen functional groups attached to an aromatic ring is 3. The molecule has 10 aromatic rings.